The van der Waals surface area contributed by atoms with E-state index in [-0.39, 0.29) is 22.0 Å². The molecular formula is C22H25N5O5S. The zero-order chi connectivity index (χ0) is 24.0. The summed E-state index contributed by atoms with van der Waals surface area (Å²) >= 11 is 0. The number of sulfonamides is 1. The average molecular weight is 472 g/mol. The summed E-state index contributed by atoms with van der Waals surface area (Å²) in [6.07, 6.45) is 1.34. The highest BCUT2D eigenvalue weighted by molar-refractivity contribution is 7.92. The predicted molar refractivity (Wildman–Crippen MR) is 125 cm³/mol. The van der Waals surface area contributed by atoms with Gasteiger partial charge in [0.25, 0.3) is 15.9 Å². The molecule has 3 aromatic rings. The summed E-state index contributed by atoms with van der Waals surface area (Å²) in [6, 6.07) is 12.0. The number of phenolic OH excluding ortho intramolecular Hbond substituents is 1. The maximum absolute atomic E-state index is 12.4. The summed E-state index contributed by atoms with van der Waals surface area (Å²) in [5.74, 6) is 0.0433. The van der Waals surface area contributed by atoms with E-state index in [2.05, 4.69) is 25.3 Å². The number of carbonyl (C=O) groups excluding carboxylic acids is 1. The van der Waals surface area contributed by atoms with Crippen molar-refractivity contribution in [2.45, 2.75) is 25.7 Å². The number of hydrazone groups is 1. The molecule has 3 N–H and O–H groups in total. The monoisotopic (exact) mass is 471 g/mol. The van der Waals surface area contributed by atoms with Crippen LogP contribution in [0, 0.1) is 6.92 Å². The molecule has 3 rings (SSSR count). The Hall–Kier alpha value is -3.86. The molecule has 0 bridgehead atoms. The third-order valence-corrected chi connectivity index (χ3v) is 6.18. The second-order valence-corrected chi connectivity index (χ2v) is 8.75. The highest BCUT2D eigenvalue weighted by Gasteiger charge is 2.17. The van der Waals surface area contributed by atoms with E-state index in [1.807, 2.05) is 19.9 Å². The lowest BCUT2D eigenvalue weighted by Crippen LogP contribution is -2.21. The molecule has 0 radical (unpaired) electrons. The highest BCUT2D eigenvalue weighted by Crippen LogP contribution is 2.23. The molecule has 1 heterocycles. The summed E-state index contributed by atoms with van der Waals surface area (Å²) in [6.45, 7) is 7.33. The van der Waals surface area contributed by atoms with Crippen molar-refractivity contribution in [3.8, 4) is 5.75 Å². The van der Waals surface area contributed by atoms with Crippen molar-refractivity contribution in [1.82, 2.24) is 10.6 Å². The molecule has 174 valence electrons. The Morgan fingerprint density at radius 3 is 2.42 bits per heavy atom. The van der Waals surface area contributed by atoms with Crippen LogP contribution >= 0.6 is 0 Å². The van der Waals surface area contributed by atoms with Gasteiger partial charge in [-0.05, 0) is 57.2 Å². The van der Waals surface area contributed by atoms with E-state index in [0.29, 0.717) is 11.3 Å². The van der Waals surface area contributed by atoms with E-state index in [1.54, 1.807) is 19.1 Å². The molecule has 0 aliphatic heterocycles. The summed E-state index contributed by atoms with van der Waals surface area (Å²) in [4.78, 5) is 14.4. The average Bonchev–Trinajstić information content (AvgIpc) is 3.19. The van der Waals surface area contributed by atoms with Gasteiger partial charge < -0.3 is 14.5 Å². The van der Waals surface area contributed by atoms with Crippen molar-refractivity contribution < 1.29 is 22.8 Å². The number of aryl methyl sites for hydroxylation is 1. The first-order valence-corrected chi connectivity index (χ1v) is 11.7. The number of aromatic nitrogens is 1. The maximum atomic E-state index is 12.4. The number of rotatable bonds is 9. The van der Waals surface area contributed by atoms with Gasteiger partial charge in [0.2, 0.25) is 0 Å². The fourth-order valence-corrected chi connectivity index (χ4v) is 4.03. The van der Waals surface area contributed by atoms with Gasteiger partial charge in [-0.25, -0.2) is 13.8 Å². The minimum absolute atomic E-state index is 0.0404. The first-order valence-electron chi connectivity index (χ1n) is 10.2. The van der Waals surface area contributed by atoms with Gasteiger partial charge in [-0.3, -0.25) is 9.52 Å². The van der Waals surface area contributed by atoms with Crippen molar-refractivity contribution in [3.63, 3.8) is 0 Å². The van der Waals surface area contributed by atoms with E-state index in [9.17, 15) is 18.3 Å². The Kier molecular flexibility index (Phi) is 7.34. The standard InChI is InChI=1S/C22H25N5O5S/c1-4-27(5-2)18-9-6-17(20(28)13-18)14-23-24-22(29)16-7-10-19(11-8-16)33(30,31)26-21-12-15(3)32-25-21/h6-14,28H,4-5H2,1-3H3,(H,24,29)(H,25,26)/b23-14+. The predicted octanol–water partition coefficient (Wildman–Crippen LogP) is 3.10. The molecular weight excluding hydrogens is 446 g/mol. The van der Waals surface area contributed by atoms with Crippen LogP contribution in [-0.2, 0) is 10.0 Å². The van der Waals surface area contributed by atoms with Crippen LogP contribution in [0.5, 0.6) is 5.75 Å². The van der Waals surface area contributed by atoms with Crippen LogP contribution in [0.1, 0.15) is 35.5 Å². The van der Waals surface area contributed by atoms with Gasteiger partial charge in [0, 0.05) is 42.0 Å². The van der Waals surface area contributed by atoms with Crippen molar-refractivity contribution >= 4 is 33.7 Å². The number of anilines is 2. The van der Waals surface area contributed by atoms with Gasteiger partial charge >= 0.3 is 0 Å². The number of phenols is 1. The quantitative estimate of drug-likeness (QED) is 0.322. The van der Waals surface area contributed by atoms with Gasteiger partial charge in [-0.1, -0.05) is 5.16 Å². The van der Waals surface area contributed by atoms with Crippen LogP contribution in [0.15, 0.2) is 63.1 Å². The SMILES string of the molecule is CCN(CC)c1ccc(/C=N/NC(=O)c2ccc(S(=O)(=O)Nc3cc(C)on3)cc2)c(O)c1. The summed E-state index contributed by atoms with van der Waals surface area (Å²) in [5.41, 5.74) is 3.91. The van der Waals surface area contributed by atoms with Crippen LogP contribution in [0.2, 0.25) is 0 Å². The van der Waals surface area contributed by atoms with E-state index in [1.165, 1.54) is 36.5 Å². The van der Waals surface area contributed by atoms with Crippen molar-refractivity contribution in [2.24, 2.45) is 5.10 Å². The number of amides is 1. The second kappa shape index (κ2) is 10.2. The molecule has 0 saturated heterocycles. The molecule has 2 aromatic carbocycles. The van der Waals surface area contributed by atoms with E-state index >= 15 is 0 Å². The van der Waals surface area contributed by atoms with Gasteiger partial charge in [0.05, 0.1) is 11.1 Å². The zero-order valence-corrected chi connectivity index (χ0v) is 19.3. The number of aromatic hydroxyl groups is 1. The number of benzene rings is 2. The summed E-state index contributed by atoms with van der Waals surface area (Å²) in [5, 5.41) is 17.7. The van der Waals surface area contributed by atoms with Gasteiger partial charge in [-0.2, -0.15) is 5.10 Å². The van der Waals surface area contributed by atoms with Crippen LogP contribution < -0.4 is 15.0 Å². The highest BCUT2D eigenvalue weighted by atomic mass is 32.2. The lowest BCUT2D eigenvalue weighted by atomic mass is 10.2. The molecule has 0 unspecified atom stereocenters. The van der Waals surface area contributed by atoms with Crippen LogP contribution in [0.25, 0.3) is 0 Å². The van der Waals surface area contributed by atoms with E-state index in [4.69, 9.17) is 4.52 Å². The molecule has 10 nitrogen and oxygen atoms in total. The first-order chi connectivity index (χ1) is 15.7. The van der Waals surface area contributed by atoms with Crippen molar-refractivity contribution in [1.29, 1.82) is 0 Å². The Morgan fingerprint density at radius 1 is 1.15 bits per heavy atom. The number of hydrogen-bond donors (Lipinski definition) is 3. The van der Waals surface area contributed by atoms with Crippen LogP contribution in [0.3, 0.4) is 0 Å². The third-order valence-electron chi connectivity index (χ3n) is 4.81. The molecule has 0 atom stereocenters. The minimum Gasteiger partial charge on any atom is -0.507 e. The first kappa shape index (κ1) is 23.8. The maximum Gasteiger partial charge on any atom is 0.271 e. The molecule has 1 amide bonds. The Balaban J connectivity index is 1.63. The Bertz CT molecular complexity index is 1250. The molecule has 33 heavy (non-hydrogen) atoms. The zero-order valence-electron chi connectivity index (χ0n) is 18.4. The smallest absolute Gasteiger partial charge is 0.271 e. The molecule has 0 fully saturated rings. The summed E-state index contributed by atoms with van der Waals surface area (Å²) in [7, 11) is -3.88. The number of carbonyl (C=O) groups is 1. The van der Waals surface area contributed by atoms with E-state index in [0.717, 1.165) is 18.8 Å². The normalized spacial score (nSPS) is 11.5. The number of nitrogens with one attached hydrogen (secondary N) is 2. The third kappa shape index (κ3) is 5.89. The van der Waals surface area contributed by atoms with Gasteiger partial charge in [0.1, 0.15) is 11.5 Å². The Labute approximate surface area is 192 Å². The summed E-state index contributed by atoms with van der Waals surface area (Å²) < 4.78 is 32.0. The lowest BCUT2D eigenvalue weighted by molar-refractivity contribution is 0.0955. The lowest BCUT2D eigenvalue weighted by Gasteiger charge is -2.21. The largest absolute Gasteiger partial charge is 0.507 e. The van der Waals surface area contributed by atoms with Gasteiger partial charge in [0.15, 0.2) is 5.82 Å². The Morgan fingerprint density at radius 2 is 1.85 bits per heavy atom. The van der Waals surface area contributed by atoms with E-state index < -0.39 is 15.9 Å². The van der Waals surface area contributed by atoms with Gasteiger partial charge in [-0.15, -0.1) is 0 Å². The minimum atomic E-state index is -3.88. The topological polar surface area (TPSA) is 137 Å². The molecule has 0 aliphatic rings. The number of nitrogens with zero attached hydrogens (tertiary/aromatic N) is 3. The molecule has 1 aromatic heterocycles. The van der Waals surface area contributed by atoms with Crippen LogP contribution in [0.4, 0.5) is 11.5 Å². The van der Waals surface area contributed by atoms with Crippen molar-refractivity contribution in [2.75, 3.05) is 22.7 Å². The van der Waals surface area contributed by atoms with Crippen LogP contribution in [-0.4, -0.2) is 43.9 Å². The molecule has 0 saturated carbocycles. The number of hydrogen-bond acceptors (Lipinski definition) is 8. The fraction of sp³-hybridized carbons (Fsp3) is 0.227. The second-order valence-electron chi connectivity index (χ2n) is 7.07. The van der Waals surface area contributed by atoms with Crippen molar-refractivity contribution in [3.05, 3.63) is 65.4 Å². The molecule has 11 heteroatoms. The molecule has 0 aliphatic carbocycles. The molecule has 0 spiro atoms. The fourth-order valence-electron chi connectivity index (χ4n) is 3.05.